The summed E-state index contributed by atoms with van der Waals surface area (Å²) in [6.45, 7) is 2.18. The van der Waals surface area contributed by atoms with Gasteiger partial charge < -0.3 is 10.2 Å². The van der Waals surface area contributed by atoms with Crippen LogP contribution in [0.15, 0.2) is 18.2 Å². The first kappa shape index (κ1) is 11.7. The zero-order chi connectivity index (χ0) is 11.5. The van der Waals surface area contributed by atoms with Gasteiger partial charge in [0, 0.05) is 31.4 Å². The monoisotopic (exact) mass is 238 g/mol. The minimum Gasteiger partial charge on any atom is -0.377 e. The summed E-state index contributed by atoms with van der Waals surface area (Å²) in [5.41, 5.74) is 2.56. The molecule has 0 bridgehead atoms. The molecule has 2 nitrogen and oxygen atoms in total. The largest absolute Gasteiger partial charge is 0.377 e. The lowest BCUT2D eigenvalue weighted by atomic mass is 9.90. The first-order valence-electron chi connectivity index (χ1n) is 5.86. The summed E-state index contributed by atoms with van der Waals surface area (Å²) in [6.07, 6.45) is 2.47. The second-order valence-corrected chi connectivity index (χ2v) is 5.02. The van der Waals surface area contributed by atoms with Gasteiger partial charge in [0.05, 0.1) is 0 Å². The lowest BCUT2D eigenvalue weighted by Gasteiger charge is -2.28. The minimum atomic E-state index is 0.555. The van der Waals surface area contributed by atoms with Crippen LogP contribution in [0.25, 0.3) is 0 Å². The molecule has 1 heterocycles. The molecule has 2 rings (SSSR count). The fourth-order valence-corrected chi connectivity index (χ4v) is 2.74. The maximum absolute atomic E-state index is 6.35. The minimum absolute atomic E-state index is 0.555. The van der Waals surface area contributed by atoms with Crippen LogP contribution >= 0.6 is 11.6 Å². The maximum atomic E-state index is 6.35. The van der Waals surface area contributed by atoms with Crippen molar-refractivity contribution in [3.8, 4) is 0 Å². The second-order valence-electron chi connectivity index (χ2n) is 4.61. The van der Waals surface area contributed by atoms with E-state index in [1.807, 2.05) is 12.1 Å². The normalized spacial score (nSPS) is 20.8. The molecular weight excluding hydrogens is 220 g/mol. The summed E-state index contributed by atoms with van der Waals surface area (Å²) in [5.74, 6) is 0.555. The molecule has 0 radical (unpaired) electrons. The van der Waals surface area contributed by atoms with E-state index >= 15 is 0 Å². The molecule has 1 aromatic rings. The molecule has 1 aliphatic heterocycles. The van der Waals surface area contributed by atoms with Crippen LogP contribution in [0.5, 0.6) is 0 Å². The Bertz CT molecular complexity index is 357. The quantitative estimate of drug-likeness (QED) is 0.853. The van der Waals surface area contributed by atoms with Crippen molar-refractivity contribution in [1.82, 2.24) is 5.32 Å². The topological polar surface area (TPSA) is 15.3 Å². The van der Waals surface area contributed by atoms with Crippen molar-refractivity contribution in [2.24, 2.45) is 0 Å². The molecule has 1 aliphatic rings. The number of rotatable bonds is 2. The standard InChI is InChI=1S/C13H19ClN2/c1-16(2)12-7-3-6-11(14)13(12)10-5-4-8-15-9-10/h3,6-7,10,15H,4-5,8-9H2,1-2H3. The third-order valence-electron chi connectivity index (χ3n) is 3.22. The molecule has 16 heavy (non-hydrogen) atoms. The number of halogens is 1. The molecule has 1 unspecified atom stereocenters. The van der Waals surface area contributed by atoms with Crippen LogP contribution in [0.4, 0.5) is 5.69 Å². The van der Waals surface area contributed by atoms with Crippen molar-refractivity contribution in [1.29, 1.82) is 0 Å². The maximum Gasteiger partial charge on any atom is 0.0461 e. The molecule has 3 heteroatoms. The molecule has 1 fully saturated rings. The highest BCUT2D eigenvalue weighted by atomic mass is 35.5. The average molecular weight is 239 g/mol. The van der Waals surface area contributed by atoms with Gasteiger partial charge in [-0.2, -0.15) is 0 Å². The van der Waals surface area contributed by atoms with Crippen LogP contribution in [-0.4, -0.2) is 27.2 Å². The number of hydrogen-bond acceptors (Lipinski definition) is 2. The highest BCUT2D eigenvalue weighted by Gasteiger charge is 2.21. The van der Waals surface area contributed by atoms with E-state index in [-0.39, 0.29) is 0 Å². The zero-order valence-electron chi connectivity index (χ0n) is 9.96. The van der Waals surface area contributed by atoms with Crippen LogP contribution < -0.4 is 10.2 Å². The Morgan fingerprint density at radius 1 is 1.38 bits per heavy atom. The fourth-order valence-electron chi connectivity index (χ4n) is 2.42. The highest BCUT2D eigenvalue weighted by molar-refractivity contribution is 6.31. The smallest absolute Gasteiger partial charge is 0.0461 e. The number of nitrogens with zero attached hydrogens (tertiary/aromatic N) is 1. The Morgan fingerprint density at radius 3 is 2.81 bits per heavy atom. The summed E-state index contributed by atoms with van der Waals surface area (Å²) in [7, 11) is 4.15. The molecule has 1 aromatic carbocycles. The lowest BCUT2D eigenvalue weighted by molar-refractivity contribution is 0.462. The Hall–Kier alpha value is -0.730. The third kappa shape index (κ3) is 2.33. The van der Waals surface area contributed by atoms with Crippen molar-refractivity contribution < 1.29 is 0 Å². The number of hydrogen-bond donors (Lipinski definition) is 1. The predicted molar refractivity (Wildman–Crippen MR) is 70.6 cm³/mol. The van der Waals surface area contributed by atoms with Crippen molar-refractivity contribution in [2.75, 3.05) is 32.1 Å². The van der Waals surface area contributed by atoms with Gasteiger partial charge in [0.25, 0.3) is 0 Å². The molecule has 0 aliphatic carbocycles. The molecular formula is C13H19ClN2. The zero-order valence-corrected chi connectivity index (χ0v) is 10.7. The van der Waals surface area contributed by atoms with E-state index in [2.05, 4.69) is 30.4 Å². The number of nitrogens with one attached hydrogen (secondary N) is 1. The summed E-state index contributed by atoms with van der Waals surface area (Å²) in [5, 5.41) is 4.35. The molecule has 1 saturated heterocycles. The number of anilines is 1. The molecule has 0 spiro atoms. The van der Waals surface area contributed by atoms with Crippen molar-refractivity contribution in [3.05, 3.63) is 28.8 Å². The lowest BCUT2D eigenvalue weighted by Crippen LogP contribution is -2.29. The van der Waals surface area contributed by atoms with E-state index in [0.717, 1.165) is 18.1 Å². The summed E-state index contributed by atoms with van der Waals surface area (Å²) in [6, 6.07) is 6.17. The van der Waals surface area contributed by atoms with Gasteiger partial charge in [-0.25, -0.2) is 0 Å². The molecule has 1 N–H and O–H groups in total. The second kappa shape index (κ2) is 5.07. The van der Waals surface area contributed by atoms with Crippen LogP contribution in [0.1, 0.15) is 24.3 Å². The van der Waals surface area contributed by atoms with Gasteiger partial charge in [0.15, 0.2) is 0 Å². The Balaban J connectivity index is 2.36. The predicted octanol–water partition coefficient (Wildman–Crippen LogP) is 2.87. The number of piperidine rings is 1. The molecule has 1 atom stereocenters. The van der Waals surface area contributed by atoms with Crippen molar-refractivity contribution in [3.63, 3.8) is 0 Å². The number of benzene rings is 1. The van der Waals surface area contributed by atoms with Gasteiger partial charge in [-0.15, -0.1) is 0 Å². The first-order chi connectivity index (χ1) is 7.70. The van der Waals surface area contributed by atoms with Gasteiger partial charge >= 0.3 is 0 Å². The Morgan fingerprint density at radius 2 is 2.19 bits per heavy atom. The van der Waals surface area contributed by atoms with Gasteiger partial charge in [-0.05, 0) is 43.0 Å². The van der Waals surface area contributed by atoms with Crippen molar-refractivity contribution in [2.45, 2.75) is 18.8 Å². The van der Waals surface area contributed by atoms with Gasteiger partial charge in [-0.3, -0.25) is 0 Å². The SMILES string of the molecule is CN(C)c1cccc(Cl)c1C1CCCNC1. The van der Waals surface area contributed by atoms with Crippen LogP contribution in [0.3, 0.4) is 0 Å². The van der Waals surface area contributed by atoms with E-state index in [9.17, 15) is 0 Å². The molecule has 0 aromatic heterocycles. The van der Waals surface area contributed by atoms with Crippen LogP contribution in [-0.2, 0) is 0 Å². The van der Waals surface area contributed by atoms with E-state index in [0.29, 0.717) is 5.92 Å². The fraction of sp³-hybridized carbons (Fsp3) is 0.538. The first-order valence-corrected chi connectivity index (χ1v) is 6.24. The van der Waals surface area contributed by atoms with E-state index in [1.54, 1.807) is 0 Å². The highest BCUT2D eigenvalue weighted by Crippen LogP contribution is 2.36. The molecule has 0 amide bonds. The molecule has 88 valence electrons. The molecule has 0 saturated carbocycles. The summed E-state index contributed by atoms with van der Waals surface area (Å²) < 4.78 is 0. The van der Waals surface area contributed by atoms with Gasteiger partial charge in [0.2, 0.25) is 0 Å². The third-order valence-corrected chi connectivity index (χ3v) is 3.55. The van der Waals surface area contributed by atoms with Crippen LogP contribution in [0, 0.1) is 0 Å². The Labute approximate surface area is 103 Å². The van der Waals surface area contributed by atoms with E-state index < -0.39 is 0 Å². The van der Waals surface area contributed by atoms with Gasteiger partial charge in [-0.1, -0.05) is 17.7 Å². The summed E-state index contributed by atoms with van der Waals surface area (Å²) in [4.78, 5) is 2.15. The van der Waals surface area contributed by atoms with Crippen LogP contribution in [0.2, 0.25) is 5.02 Å². The van der Waals surface area contributed by atoms with Crippen molar-refractivity contribution >= 4 is 17.3 Å². The Kier molecular flexibility index (Phi) is 3.72. The van der Waals surface area contributed by atoms with E-state index in [4.69, 9.17) is 11.6 Å². The van der Waals surface area contributed by atoms with E-state index in [1.165, 1.54) is 24.1 Å². The summed E-state index contributed by atoms with van der Waals surface area (Å²) >= 11 is 6.35. The average Bonchev–Trinajstić information content (AvgIpc) is 2.29. The van der Waals surface area contributed by atoms with Gasteiger partial charge in [0.1, 0.15) is 0 Å².